The van der Waals surface area contributed by atoms with Gasteiger partial charge in [0.1, 0.15) is 0 Å². The van der Waals surface area contributed by atoms with E-state index in [4.69, 9.17) is 17.0 Å². The molecule has 0 aliphatic heterocycles. The third-order valence-electron chi connectivity index (χ3n) is 10.6. The molecule has 0 amide bonds. The minimum absolute atomic E-state index is 0.484. The average molecular weight is 895 g/mol. The molecule has 2 radical (unpaired) electrons. The van der Waals surface area contributed by atoms with Crippen molar-refractivity contribution in [2.45, 2.75) is 79.3 Å². The number of hydrogen-bond donors (Lipinski definition) is 0. The van der Waals surface area contributed by atoms with E-state index in [0.29, 0.717) is 11.8 Å². The van der Waals surface area contributed by atoms with Crippen molar-refractivity contribution >= 4 is 48.1 Å². The fourth-order valence-corrected chi connectivity index (χ4v) is 7.83. The molecule has 0 unspecified atom stereocenters. The third kappa shape index (κ3) is 10.9. The van der Waals surface area contributed by atoms with Gasteiger partial charge in [0.2, 0.25) is 0 Å². The molecular weight excluding hydrogens is 839 g/mol. The second-order valence-corrected chi connectivity index (χ2v) is 19.9. The van der Waals surface area contributed by atoms with Gasteiger partial charge in [-0.3, -0.25) is 0 Å². The summed E-state index contributed by atoms with van der Waals surface area (Å²) < 4.78 is 0. The number of halogens is 2. The van der Waals surface area contributed by atoms with Crippen molar-refractivity contribution in [3.63, 3.8) is 0 Å². The van der Waals surface area contributed by atoms with Crippen LogP contribution in [0, 0.1) is 0 Å². The monoisotopic (exact) mass is 892 g/mol. The topological polar surface area (TPSA) is 0 Å². The van der Waals surface area contributed by atoms with E-state index in [0.717, 1.165) is 22.4 Å². The normalized spacial score (nSPS) is 10.7. The first-order valence-electron chi connectivity index (χ1n) is 20.5. The molecule has 0 N–H and O–H groups in total. The van der Waals surface area contributed by atoms with Crippen LogP contribution in [0.2, 0.25) is 13.1 Å². The van der Waals surface area contributed by atoms with E-state index < -0.39 is 20.8 Å². The first-order valence-corrected chi connectivity index (χ1v) is 28.8. The Labute approximate surface area is 369 Å². The van der Waals surface area contributed by atoms with Gasteiger partial charge in [-0.05, 0) is 58.1 Å². The Morgan fingerprint density at radius 3 is 1.10 bits per heavy atom. The zero-order chi connectivity index (χ0) is 41.6. The Morgan fingerprint density at radius 1 is 0.483 bits per heavy atom. The van der Waals surface area contributed by atoms with E-state index in [1.54, 1.807) is 0 Å². The molecule has 0 saturated heterocycles. The Balaban J connectivity index is 0.000000195. The van der Waals surface area contributed by atoms with Crippen molar-refractivity contribution in [1.82, 2.24) is 0 Å². The Hall–Kier alpha value is -3.78. The van der Waals surface area contributed by atoms with E-state index in [9.17, 15) is 0 Å². The maximum atomic E-state index is 4.93. The van der Waals surface area contributed by atoms with Crippen LogP contribution in [0.5, 0.6) is 0 Å². The van der Waals surface area contributed by atoms with Crippen LogP contribution in [-0.4, -0.2) is 9.52 Å². The first-order chi connectivity index (χ1) is 28.2. The molecule has 294 valence electrons. The second kappa shape index (κ2) is 22.6. The van der Waals surface area contributed by atoms with E-state index in [-0.39, 0.29) is 0 Å². The van der Waals surface area contributed by atoms with Crippen LogP contribution in [0.4, 0.5) is 0 Å². The number of rotatable bonds is 8. The van der Waals surface area contributed by atoms with Crippen LogP contribution >= 0.6 is 17.0 Å². The van der Waals surface area contributed by atoms with Gasteiger partial charge in [0.05, 0.1) is 0 Å². The molecule has 0 atom stereocenters. The van der Waals surface area contributed by atoms with Crippen LogP contribution in [0.15, 0.2) is 158 Å². The van der Waals surface area contributed by atoms with E-state index in [1.807, 2.05) is 0 Å². The van der Waals surface area contributed by atoms with E-state index in [1.165, 1.54) is 88.3 Å². The fourth-order valence-electron chi connectivity index (χ4n) is 7.83. The molecular formula is C54H56Cl2SiZr. The molecule has 8 rings (SSSR count). The summed E-state index contributed by atoms with van der Waals surface area (Å²) in [6, 6.07) is 57.8. The minimum atomic E-state index is -0.826. The zero-order valence-corrected chi connectivity index (χ0v) is 40.3. The SMILES string of the molecule is CCc1cc2c(-c3ccccc3-c3ccccc3)c(C(C)C)ccc2[cH-]1.CCc1cc2c(-c3ccccc3-c3ccccc3)c(C(C)C)ccc2[cH-]1.C[Si]C.[Cl][Zr+2][Cl]. The predicted molar refractivity (Wildman–Crippen MR) is 257 cm³/mol. The fraction of sp³-hybridized carbons (Fsp3) is 0.222. The Bertz CT molecular complexity index is 2300. The second-order valence-electron chi connectivity index (χ2n) is 15.2. The first kappa shape index (κ1) is 45.3. The van der Waals surface area contributed by atoms with Crippen molar-refractivity contribution < 1.29 is 20.8 Å². The number of benzene rings is 6. The van der Waals surface area contributed by atoms with Gasteiger partial charge < -0.3 is 0 Å². The molecule has 0 bridgehead atoms. The van der Waals surface area contributed by atoms with Crippen LogP contribution < -0.4 is 0 Å². The summed E-state index contributed by atoms with van der Waals surface area (Å²) >= 11 is -0.826. The molecule has 4 heteroatoms. The molecule has 0 saturated carbocycles. The third-order valence-corrected chi connectivity index (χ3v) is 10.6. The zero-order valence-electron chi connectivity index (χ0n) is 35.3. The molecule has 8 aromatic rings. The van der Waals surface area contributed by atoms with Gasteiger partial charge in [-0.2, -0.15) is 12.1 Å². The van der Waals surface area contributed by atoms with Gasteiger partial charge >= 0.3 is 37.9 Å². The summed E-state index contributed by atoms with van der Waals surface area (Å²) in [5.41, 5.74) is 16.3. The number of aryl methyl sites for hydroxylation is 2. The number of fused-ring (bicyclic) bond motifs is 2. The molecule has 8 aromatic carbocycles. The summed E-state index contributed by atoms with van der Waals surface area (Å²) in [7, 11) is 11.0. The summed E-state index contributed by atoms with van der Waals surface area (Å²) in [6.07, 6.45) is 2.15. The standard InChI is InChI=1S/2C26H25.C2H6Si.2ClH.Zr/c2*1-4-19-16-21-14-15-22(18(2)3)26(25(21)17-19)24-13-9-8-12-23(24)20-10-6-5-7-11-20;1-3-2;;;/h2*5-18H,4H2,1-3H3;1-2H3;2*1H;/q2*-1;;;;+4/p-2. The van der Waals surface area contributed by atoms with Gasteiger partial charge in [-0.25, -0.2) is 0 Å². The van der Waals surface area contributed by atoms with E-state index >= 15 is 0 Å². The Morgan fingerprint density at radius 2 is 0.793 bits per heavy atom. The van der Waals surface area contributed by atoms with Crippen molar-refractivity contribution in [3.05, 3.63) is 180 Å². The van der Waals surface area contributed by atoms with Crippen molar-refractivity contribution in [1.29, 1.82) is 0 Å². The van der Waals surface area contributed by atoms with Crippen LogP contribution in [0.1, 0.15) is 75.6 Å². The van der Waals surface area contributed by atoms with Gasteiger partial charge in [0, 0.05) is 9.52 Å². The van der Waals surface area contributed by atoms with Crippen LogP contribution in [0.3, 0.4) is 0 Å². The molecule has 0 nitrogen and oxygen atoms in total. The van der Waals surface area contributed by atoms with Gasteiger partial charge in [-0.1, -0.05) is 186 Å². The van der Waals surface area contributed by atoms with E-state index in [2.05, 4.69) is 212 Å². The van der Waals surface area contributed by atoms with Crippen molar-refractivity contribution in [2.24, 2.45) is 0 Å². The quantitative estimate of drug-likeness (QED) is 0.105. The van der Waals surface area contributed by atoms with Crippen molar-refractivity contribution in [3.8, 4) is 44.5 Å². The molecule has 0 aliphatic rings. The Kier molecular flexibility index (Phi) is 17.6. The van der Waals surface area contributed by atoms with Gasteiger partial charge in [0.15, 0.2) is 0 Å². The summed E-state index contributed by atoms with van der Waals surface area (Å²) in [4.78, 5) is 0. The van der Waals surface area contributed by atoms with Crippen molar-refractivity contribution in [2.75, 3.05) is 0 Å². The molecule has 0 heterocycles. The number of hydrogen-bond acceptors (Lipinski definition) is 0. The average Bonchev–Trinajstić information content (AvgIpc) is 3.89. The molecule has 0 aromatic heterocycles. The maximum absolute atomic E-state index is 4.93. The molecule has 0 spiro atoms. The van der Waals surface area contributed by atoms with Crippen LogP contribution in [0.25, 0.3) is 66.1 Å². The van der Waals surface area contributed by atoms with Gasteiger partial charge in [-0.15, -0.1) is 69.1 Å². The summed E-state index contributed by atoms with van der Waals surface area (Å²) in [5, 5.41) is 5.47. The summed E-state index contributed by atoms with van der Waals surface area (Å²) in [5.74, 6) is 0.969. The summed E-state index contributed by atoms with van der Waals surface area (Å²) in [6.45, 7) is 17.9. The van der Waals surface area contributed by atoms with Gasteiger partial charge in [0.25, 0.3) is 0 Å². The molecule has 0 fully saturated rings. The predicted octanol–water partition coefficient (Wildman–Crippen LogP) is 17.3. The molecule has 0 aliphatic carbocycles. The molecule has 58 heavy (non-hydrogen) atoms. The van der Waals surface area contributed by atoms with Crippen LogP contribution in [-0.2, 0) is 33.7 Å².